The van der Waals surface area contributed by atoms with Crippen molar-refractivity contribution in [3.05, 3.63) is 53.1 Å². The Balaban J connectivity index is 1.77. The van der Waals surface area contributed by atoms with Gasteiger partial charge in [0.1, 0.15) is 23.6 Å². The fourth-order valence-corrected chi connectivity index (χ4v) is 3.45. The second-order valence-electron chi connectivity index (χ2n) is 6.54. The summed E-state index contributed by atoms with van der Waals surface area (Å²) >= 11 is 6.20. The van der Waals surface area contributed by atoms with Crippen LogP contribution in [0.15, 0.2) is 42.5 Å². The molecule has 2 aromatic rings. The Hall–Kier alpha value is -3.26. The van der Waals surface area contributed by atoms with Crippen LogP contribution in [0.3, 0.4) is 0 Å². The third-order valence-corrected chi connectivity index (χ3v) is 5.00. The minimum absolute atomic E-state index is 0.345. The molecule has 0 saturated carbocycles. The van der Waals surface area contributed by atoms with E-state index in [-0.39, 0.29) is 0 Å². The maximum absolute atomic E-state index is 12.9. The number of anilines is 1. The van der Waals surface area contributed by atoms with Crippen molar-refractivity contribution in [1.82, 2.24) is 10.2 Å². The van der Waals surface area contributed by atoms with Gasteiger partial charge in [-0.2, -0.15) is 0 Å². The average molecular weight is 418 g/mol. The Morgan fingerprint density at radius 2 is 1.90 bits per heavy atom. The van der Waals surface area contributed by atoms with Crippen molar-refractivity contribution in [2.45, 2.75) is 12.5 Å². The van der Waals surface area contributed by atoms with Gasteiger partial charge in [-0.25, -0.2) is 4.79 Å². The van der Waals surface area contributed by atoms with E-state index in [1.54, 1.807) is 49.4 Å². The van der Waals surface area contributed by atoms with Gasteiger partial charge in [-0.1, -0.05) is 29.8 Å². The molecule has 1 fully saturated rings. The smallest absolute Gasteiger partial charge is 0.325 e. The van der Waals surface area contributed by atoms with Crippen LogP contribution >= 0.6 is 11.6 Å². The number of hydrogen-bond donors (Lipinski definition) is 2. The largest absolute Gasteiger partial charge is 0.497 e. The predicted molar refractivity (Wildman–Crippen MR) is 107 cm³/mol. The molecular formula is C20H20ClN3O5. The molecule has 0 aromatic heterocycles. The first kappa shape index (κ1) is 20.5. The Bertz CT molecular complexity index is 980. The number of imide groups is 1. The molecular weight excluding hydrogens is 398 g/mol. The van der Waals surface area contributed by atoms with Gasteiger partial charge in [0, 0.05) is 16.7 Å². The molecule has 1 saturated heterocycles. The zero-order valence-corrected chi connectivity index (χ0v) is 16.9. The van der Waals surface area contributed by atoms with E-state index in [9.17, 15) is 14.4 Å². The molecule has 1 aliphatic rings. The van der Waals surface area contributed by atoms with Crippen LogP contribution in [0.4, 0.5) is 10.5 Å². The maximum Gasteiger partial charge on any atom is 0.325 e. The lowest BCUT2D eigenvalue weighted by molar-refractivity contribution is -0.133. The fourth-order valence-electron chi connectivity index (χ4n) is 3.12. The van der Waals surface area contributed by atoms with Gasteiger partial charge in [0.2, 0.25) is 5.91 Å². The molecule has 1 heterocycles. The van der Waals surface area contributed by atoms with Crippen molar-refractivity contribution >= 4 is 35.1 Å². The Kier molecular flexibility index (Phi) is 5.65. The Morgan fingerprint density at radius 1 is 1.17 bits per heavy atom. The number of ether oxygens (including phenoxy) is 2. The number of carbonyl (C=O) groups excluding carboxylic acids is 3. The average Bonchev–Trinajstić information content (AvgIpc) is 2.92. The molecule has 0 aliphatic carbocycles. The van der Waals surface area contributed by atoms with Crippen LogP contribution in [0.25, 0.3) is 0 Å². The Labute approximate surface area is 172 Å². The van der Waals surface area contributed by atoms with Crippen molar-refractivity contribution in [1.29, 1.82) is 0 Å². The number of halogens is 1. The number of rotatable bonds is 6. The summed E-state index contributed by atoms with van der Waals surface area (Å²) in [5, 5.41) is 5.61. The van der Waals surface area contributed by atoms with Crippen LogP contribution in [0.2, 0.25) is 5.02 Å². The molecule has 29 heavy (non-hydrogen) atoms. The van der Waals surface area contributed by atoms with E-state index < -0.39 is 29.9 Å². The van der Waals surface area contributed by atoms with Gasteiger partial charge in [0.15, 0.2) is 0 Å². The van der Waals surface area contributed by atoms with E-state index in [2.05, 4.69) is 10.6 Å². The predicted octanol–water partition coefficient (Wildman–Crippen LogP) is 2.76. The molecule has 3 rings (SSSR count). The summed E-state index contributed by atoms with van der Waals surface area (Å²) in [7, 11) is 2.97. The first-order valence-corrected chi connectivity index (χ1v) is 9.09. The third-order valence-electron chi connectivity index (χ3n) is 4.67. The first-order chi connectivity index (χ1) is 13.8. The number of hydrogen-bond acceptors (Lipinski definition) is 5. The molecule has 9 heteroatoms. The summed E-state index contributed by atoms with van der Waals surface area (Å²) in [5.74, 6) is -0.173. The summed E-state index contributed by atoms with van der Waals surface area (Å²) in [5.41, 5.74) is -0.507. The zero-order valence-electron chi connectivity index (χ0n) is 16.1. The van der Waals surface area contributed by atoms with E-state index in [1.165, 1.54) is 14.2 Å². The molecule has 0 radical (unpaired) electrons. The maximum atomic E-state index is 12.9. The lowest BCUT2D eigenvalue weighted by Gasteiger charge is -2.23. The number of methoxy groups -OCH3 is 2. The van der Waals surface area contributed by atoms with Gasteiger partial charge in [-0.05, 0) is 25.1 Å². The van der Waals surface area contributed by atoms with Gasteiger partial charge in [0.05, 0.1) is 19.9 Å². The number of urea groups is 1. The van der Waals surface area contributed by atoms with E-state index in [0.717, 1.165) is 4.90 Å². The molecule has 152 valence electrons. The van der Waals surface area contributed by atoms with Gasteiger partial charge in [-0.3, -0.25) is 14.5 Å². The van der Waals surface area contributed by atoms with Crippen LogP contribution in [0, 0.1) is 0 Å². The molecule has 8 nitrogen and oxygen atoms in total. The number of amides is 4. The number of nitrogens with zero attached hydrogens (tertiary/aromatic N) is 1. The number of carbonyl (C=O) groups is 3. The minimum atomic E-state index is -1.35. The van der Waals surface area contributed by atoms with E-state index in [4.69, 9.17) is 21.1 Å². The summed E-state index contributed by atoms with van der Waals surface area (Å²) < 4.78 is 10.4. The molecule has 2 N–H and O–H groups in total. The summed E-state index contributed by atoms with van der Waals surface area (Å²) in [6.45, 7) is 1.10. The molecule has 0 spiro atoms. The van der Waals surface area contributed by atoms with Crippen LogP contribution in [0.5, 0.6) is 11.5 Å². The highest BCUT2D eigenvalue weighted by Crippen LogP contribution is 2.33. The quantitative estimate of drug-likeness (QED) is 0.704. The van der Waals surface area contributed by atoms with Crippen molar-refractivity contribution in [2.75, 3.05) is 26.1 Å². The van der Waals surface area contributed by atoms with Gasteiger partial charge in [-0.15, -0.1) is 0 Å². The molecule has 2 aromatic carbocycles. The van der Waals surface area contributed by atoms with Crippen LogP contribution in [-0.2, 0) is 15.1 Å². The highest BCUT2D eigenvalue weighted by molar-refractivity contribution is 6.32. The van der Waals surface area contributed by atoms with Crippen LogP contribution in [0.1, 0.15) is 12.5 Å². The minimum Gasteiger partial charge on any atom is -0.497 e. The second-order valence-corrected chi connectivity index (χ2v) is 6.95. The van der Waals surface area contributed by atoms with E-state index >= 15 is 0 Å². The first-order valence-electron chi connectivity index (χ1n) is 8.71. The van der Waals surface area contributed by atoms with Crippen LogP contribution < -0.4 is 20.1 Å². The monoisotopic (exact) mass is 417 g/mol. The standard InChI is InChI=1S/C20H20ClN3O5/c1-20(13-6-4-5-7-14(13)21)18(26)24(19(27)23-20)11-17(25)22-15-9-8-12(28-2)10-16(15)29-3/h4-10H,11H2,1-3H3,(H,22,25)(H,23,27). The van der Waals surface area contributed by atoms with Gasteiger partial charge < -0.3 is 20.1 Å². The summed E-state index contributed by atoms with van der Waals surface area (Å²) in [6, 6.07) is 10.9. The third kappa shape index (κ3) is 3.84. The SMILES string of the molecule is COc1ccc(NC(=O)CN2C(=O)NC(C)(c3ccccc3Cl)C2=O)c(OC)c1. The highest BCUT2D eigenvalue weighted by atomic mass is 35.5. The van der Waals surface area contributed by atoms with Crippen molar-refractivity contribution in [2.24, 2.45) is 0 Å². The molecule has 1 unspecified atom stereocenters. The highest BCUT2D eigenvalue weighted by Gasteiger charge is 2.50. The zero-order chi connectivity index (χ0) is 21.2. The van der Waals surface area contributed by atoms with Crippen molar-refractivity contribution in [3.8, 4) is 11.5 Å². The van der Waals surface area contributed by atoms with E-state index in [0.29, 0.717) is 27.8 Å². The lowest BCUT2D eigenvalue weighted by atomic mass is 9.92. The lowest BCUT2D eigenvalue weighted by Crippen LogP contribution is -2.42. The molecule has 0 bridgehead atoms. The topological polar surface area (TPSA) is 97.0 Å². The summed E-state index contributed by atoms with van der Waals surface area (Å²) in [4.78, 5) is 38.7. The normalized spacial score (nSPS) is 18.4. The molecule has 1 aliphatic heterocycles. The Morgan fingerprint density at radius 3 is 2.55 bits per heavy atom. The van der Waals surface area contributed by atoms with Gasteiger partial charge in [0.25, 0.3) is 5.91 Å². The van der Waals surface area contributed by atoms with Gasteiger partial charge >= 0.3 is 6.03 Å². The number of benzene rings is 2. The van der Waals surface area contributed by atoms with Crippen molar-refractivity contribution < 1.29 is 23.9 Å². The number of nitrogens with one attached hydrogen (secondary N) is 2. The summed E-state index contributed by atoms with van der Waals surface area (Å²) in [6.07, 6.45) is 0. The fraction of sp³-hybridized carbons (Fsp3) is 0.250. The van der Waals surface area contributed by atoms with Crippen molar-refractivity contribution in [3.63, 3.8) is 0 Å². The molecule has 4 amide bonds. The molecule has 1 atom stereocenters. The second kappa shape index (κ2) is 8.00. The van der Waals surface area contributed by atoms with Crippen LogP contribution in [-0.4, -0.2) is 43.5 Å². The van der Waals surface area contributed by atoms with E-state index in [1.807, 2.05) is 0 Å².